The maximum Gasteiger partial charge on any atom is 0.220 e. The number of benzene rings is 1. The number of piperazine rings is 1. The van der Waals surface area contributed by atoms with Crippen molar-refractivity contribution in [1.29, 1.82) is 0 Å². The van der Waals surface area contributed by atoms with Crippen LogP contribution in [0.25, 0.3) is 11.0 Å². The minimum absolute atomic E-state index is 0.202. The van der Waals surface area contributed by atoms with Gasteiger partial charge in [-0.05, 0) is 7.05 Å². The van der Waals surface area contributed by atoms with Crippen molar-refractivity contribution in [2.45, 2.75) is 0 Å². The Morgan fingerprint density at radius 1 is 1.25 bits per heavy atom. The zero-order chi connectivity index (χ0) is 14.3. The van der Waals surface area contributed by atoms with Crippen LogP contribution in [0.5, 0.6) is 5.75 Å². The lowest BCUT2D eigenvalue weighted by Gasteiger charge is -2.35. The first-order valence-corrected chi connectivity index (χ1v) is 6.55. The molecule has 1 fully saturated rings. The Morgan fingerprint density at radius 2 is 1.95 bits per heavy atom. The molecule has 2 aromatic rings. The highest BCUT2D eigenvalue weighted by Gasteiger charge is 2.20. The largest absolute Gasteiger partial charge is 0.494 e. The zero-order valence-corrected chi connectivity index (χ0v) is 11.6. The molecular weight excluding hydrogens is 261 g/mol. The van der Waals surface area contributed by atoms with E-state index in [1.165, 1.54) is 13.2 Å². The van der Waals surface area contributed by atoms with Crippen LogP contribution in [-0.4, -0.2) is 54.9 Å². The van der Waals surface area contributed by atoms with Gasteiger partial charge in [0.25, 0.3) is 0 Å². The molecule has 2 heterocycles. The second-order valence-corrected chi connectivity index (χ2v) is 5.01. The van der Waals surface area contributed by atoms with Gasteiger partial charge in [0, 0.05) is 38.3 Å². The number of fused-ring (bicyclic) bond motifs is 1. The van der Waals surface area contributed by atoms with Crippen molar-refractivity contribution in [3.05, 3.63) is 17.9 Å². The van der Waals surface area contributed by atoms with Gasteiger partial charge in [0.15, 0.2) is 11.6 Å². The van der Waals surface area contributed by atoms with Crippen molar-refractivity contribution in [2.75, 3.05) is 51.1 Å². The molecule has 0 unspecified atom stereocenters. The van der Waals surface area contributed by atoms with Gasteiger partial charge in [-0.3, -0.25) is 0 Å². The van der Waals surface area contributed by atoms with Crippen molar-refractivity contribution >= 4 is 17.0 Å². The fourth-order valence-electron chi connectivity index (χ4n) is 2.54. The highest BCUT2D eigenvalue weighted by atomic mass is 19.1. The number of nitrogens with two attached hydrogens (primary N) is 1. The number of likely N-dealkylation sites (N-methyl/N-ethyl adjacent to an activating group) is 1. The van der Waals surface area contributed by atoms with Crippen molar-refractivity contribution in [3.63, 3.8) is 0 Å². The molecular formula is C13H18FN5O. The number of hydrogen-bond acceptors (Lipinski definition) is 5. The molecule has 1 saturated heterocycles. The lowest BCUT2D eigenvalue weighted by atomic mass is 10.3. The van der Waals surface area contributed by atoms with E-state index in [2.05, 4.69) is 21.9 Å². The molecule has 0 aliphatic carbocycles. The number of rotatable bonds is 2. The molecule has 1 aliphatic rings. The van der Waals surface area contributed by atoms with Crippen LogP contribution in [0.3, 0.4) is 0 Å². The molecule has 0 atom stereocenters. The zero-order valence-electron chi connectivity index (χ0n) is 11.6. The number of halogens is 1. The Labute approximate surface area is 116 Å². The van der Waals surface area contributed by atoms with Crippen LogP contribution in [0.2, 0.25) is 0 Å². The molecule has 7 heteroatoms. The third-order valence-electron chi connectivity index (χ3n) is 3.69. The van der Waals surface area contributed by atoms with Gasteiger partial charge < -0.3 is 20.4 Å². The summed E-state index contributed by atoms with van der Waals surface area (Å²) < 4.78 is 20.6. The summed E-state index contributed by atoms with van der Waals surface area (Å²) in [6, 6.07) is 3.00. The fourth-order valence-corrected chi connectivity index (χ4v) is 2.54. The van der Waals surface area contributed by atoms with Crippen molar-refractivity contribution in [3.8, 4) is 5.75 Å². The smallest absolute Gasteiger partial charge is 0.220 e. The molecule has 3 rings (SSSR count). The van der Waals surface area contributed by atoms with Gasteiger partial charge in [0.05, 0.1) is 18.1 Å². The van der Waals surface area contributed by atoms with E-state index in [4.69, 9.17) is 10.5 Å². The van der Waals surface area contributed by atoms with Crippen LogP contribution in [0, 0.1) is 5.82 Å². The van der Waals surface area contributed by atoms with Crippen molar-refractivity contribution in [1.82, 2.24) is 14.6 Å². The molecule has 0 spiro atoms. The van der Waals surface area contributed by atoms with Gasteiger partial charge in [-0.25, -0.2) is 14.1 Å². The van der Waals surface area contributed by atoms with E-state index in [1.807, 2.05) is 4.68 Å². The first-order valence-electron chi connectivity index (χ1n) is 6.55. The Balaban J connectivity index is 2.07. The summed E-state index contributed by atoms with van der Waals surface area (Å²) in [5, 5.41) is 2.13. The van der Waals surface area contributed by atoms with E-state index < -0.39 is 5.82 Å². The predicted octanol–water partition coefficient (Wildman–Crippen LogP) is 0.650. The number of nitrogens with zero attached hydrogens (tertiary/aromatic N) is 4. The maximum atomic E-state index is 13.7. The number of methoxy groups -OCH3 is 1. The van der Waals surface area contributed by atoms with E-state index in [1.54, 1.807) is 6.07 Å². The van der Waals surface area contributed by atoms with Crippen LogP contribution < -0.4 is 15.5 Å². The number of nitrogen functional groups attached to an aromatic ring is 1. The molecule has 20 heavy (non-hydrogen) atoms. The summed E-state index contributed by atoms with van der Waals surface area (Å²) in [5.41, 5.74) is 7.30. The van der Waals surface area contributed by atoms with Crippen molar-refractivity contribution in [2.24, 2.45) is 0 Å². The van der Waals surface area contributed by atoms with Gasteiger partial charge in [-0.2, -0.15) is 0 Å². The Bertz CT molecular complexity index is 633. The number of ether oxygens (including phenoxy) is 1. The Morgan fingerprint density at radius 3 is 2.60 bits per heavy atom. The molecule has 2 N–H and O–H groups in total. The number of anilines is 1. The second-order valence-electron chi connectivity index (χ2n) is 5.01. The third-order valence-corrected chi connectivity index (χ3v) is 3.69. The van der Waals surface area contributed by atoms with E-state index in [9.17, 15) is 4.39 Å². The normalized spacial score (nSPS) is 16.9. The number of imidazole rings is 1. The summed E-state index contributed by atoms with van der Waals surface area (Å²) >= 11 is 0. The molecule has 0 saturated carbocycles. The highest BCUT2D eigenvalue weighted by molar-refractivity contribution is 5.80. The van der Waals surface area contributed by atoms with Crippen LogP contribution in [0.1, 0.15) is 0 Å². The van der Waals surface area contributed by atoms with Gasteiger partial charge in [-0.15, -0.1) is 0 Å². The standard InChI is InChI=1S/C13H18FN5O/c1-17-3-5-18(6-4-17)19-11-8-12(20-2)9(14)7-10(11)16-13(19)15/h7-8H,3-6H2,1-2H3,(H2,15,16). The maximum absolute atomic E-state index is 13.7. The van der Waals surface area contributed by atoms with Gasteiger partial charge in [-0.1, -0.05) is 0 Å². The quantitative estimate of drug-likeness (QED) is 0.874. The highest BCUT2D eigenvalue weighted by Crippen LogP contribution is 2.26. The topological polar surface area (TPSA) is 59.6 Å². The Kier molecular flexibility index (Phi) is 3.13. The van der Waals surface area contributed by atoms with Gasteiger partial charge in [0.1, 0.15) is 0 Å². The van der Waals surface area contributed by atoms with Crippen LogP contribution in [0.4, 0.5) is 10.3 Å². The second kappa shape index (κ2) is 4.82. The Hall–Kier alpha value is -2.02. The molecule has 1 aliphatic heterocycles. The summed E-state index contributed by atoms with van der Waals surface area (Å²) in [5.74, 6) is 0.146. The predicted molar refractivity (Wildman–Crippen MR) is 76.1 cm³/mol. The van der Waals surface area contributed by atoms with Crippen LogP contribution in [-0.2, 0) is 0 Å². The first-order chi connectivity index (χ1) is 9.60. The minimum Gasteiger partial charge on any atom is -0.494 e. The fraction of sp³-hybridized carbons (Fsp3) is 0.462. The van der Waals surface area contributed by atoms with Crippen LogP contribution in [0.15, 0.2) is 12.1 Å². The molecule has 6 nitrogen and oxygen atoms in total. The lowest BCUT2D eigenvalue weighted by Crippen LogP contribution is -2.50. The minimum atomic E-state index is -0.428. The number of hydrogen-bond donors (Lipinski definition) is 1. The van der Waals surface area contributed by atoms with E-state index in [0.717, 1.165) is 31.7 Å². The molecule has 0 amide bonds. The summed E-state index contributed by atoms with van der Waals surface area (Å²) in [4.78, 5) is 6.49. The molecule has 1 aromatic carbocycles. The summed E-state index contributed by atoms with van der Waals surface area (Å²) in [6.07, 6.45) is 0. The van der Waals surface area contributed by atoms with E-state index in [-0.39, 0.29) is 5.75 Å². The van der Waals surface area contributed by atoms with Gasteiger partial charge >= 0.3 is 0 Å². The molecule has 108 valence electrons. The van der Waals surface area contributed by atoms with E-state index >= 15 is 0 Å². The first kappa shape index (κ1) is 13.0. The van der Waals surface area contributed by atoms with Crippen LogP contribution >= 0.6 is 0 Å². The molecule has 0 radical (unpaired) electrons. The summed E-state index contributed by atoms with van der Waals surface area (Å²) in [6.45, 7) is 3.62. The number of aromatic nitrogens is 2. The third kappa shape index (κ3) is 2.03. The lowest BCUT2D eigenvalue weighted by molar-refractivity contribution is 0.290. The SMILES string of the molecule is COc1cc2c(cc1F)nc(N)n2N1CCN(C)CC1. The van der Waals surface area contributed by atoms with Crippen molar-refractivity contribution < 1.29 is 9.13 Å². The average Bonchev–Trinajstić information content (AvgIpc) is 2.74. The van der Waals surface area contributed by atoms with Gasteiger partial charge in [0.2, 0.25) is 5.95 Å². The molecule has 1 aromatic heterocycles. The van der Waals surface area contributed by atoms with E-state index in [0.29, 0.717) is 11.5 Å². The monoisotopic (exact) mass is 279 g/mol. The average molecular weight is 279 g/mol. The summed E-state index contributed by atoms with van der Waals surface area (Å²) in [7, 11) is 3.54. The molecule has 0 bridgehead atoms.